The van der Waals surface area contributed by atoms with Gasteiger partial charge in [-0.1, -0.05) is 5.16 Å². The van der Waals surface area contributed by atoms with E-state index in [2.05, 4.69) is 15.5 Å². The van der Waals surface area contributed by atoms with Gasteiger partial charge in [-0.3, -0.25) is 9.59 Å². The first-order valence-corrected chi connectivity index (χ1v) is 8.45. The molecule has 0 bridgehead atoms. The van der Waals surface area contributed by atoms with Crippen LogP contribution < -0.4 is 10.1 Å². The molecular formula is C20H18FN3O4. The third-order valence-electron chi connectivity index (χ3n) is 4.04. The predicted octanol–water partition coefficient (Wildman–Crippen LogP) is 3.25. The van der Waals surface area contributed by atoms with Crippen LogP contribution in [0.1, 0.15) is 33.2 Å². The molecular weight excluding hydrogens is 365 g/mol. The number of hydrogen-bond acceptors (Lipinski definition) is 6. The second-order valence-electron chi connectivity index (χ2n) is 6.16. The molecule has 0 fully saturated rings. The maximum Gasteiger partial charge on any atom is 0.232 e. The molecule has 0 saturated heterocycles. The van der Waals surface area contributed by atoms with E-state index in [0.29, 0.717) is 34.0 Å². The summed E-state index contributed by atoms with van der Waals surface area (Å²) in [6.45, 7) is 3.22. The van der Waals surface area contributed by atoms with Gasteiger partial charge in [0.05, 0.1) is 19.2 Å². The minimum absolute atomic E-state index is 0.0875. The molecule has 0 radical (unpaired) electrons. The summed E-state index contributed by atoms with van der Waals surface area (Å²) in [6, 6.07) is 8.83. The number of aryl methyl sites for hydroxylation is 2. The van der Waals surface area contributed by atoms with Crippen LogP contribution in [0.3, 0.4) is 0 Å². The summed E-state index contributed by atoms with van der Waals surface area (Å²) in [4.78, 5) is 29.0. The number of methoxy groups -OCH3 is 1. The highest BCUT2D eigenvalue weighted by molar-refractivity contribution is 6.10. The van der Waals surface area contributed by atoms with Crippen LogP contribution in [0.5, 0.6) is 5.75 Å². The Morgan fingerprint density at radius 1 is 1.14 bits per heavy atom. The van der Waals surface area contributed by atoms with Crippen LogP contribution in [0, 0.1) is 19.7 Å². The van der Waals surface area contributed by atoms with Crippen molar-refractivity contribution in [2.75, 3.05) is 12.4 Å². The first-order chi connectivity index (χ1) is 13.4. The quantitative estimate of drug-likeness (QED) is 0.657. The first-order valence-electron chi connectivity index (χ1n) is 8.45. The molecule has 0 aliphatic rings. The van der Waals surface area contributed by atoms with E-state index < -0.39 is 0 Å². The predicted molar refractivity (Wildman–Crippen MR) is 98.9 cm³/mol. The number of anilines is 1. The topological polar surface area (TPSA) is 94.3 Å². The van der Waals surface area contributed by atoms with Crippen molar-refractivity contribution in [3.05, 3.63) is 70.6 Å². The van der Waals surface area contributed by atoms with Crippen molar-refractivity contribution in [3.8, 4) is 5.75 Å². The Morgan fingerprint density at radius 3 is 2.50 bits per heavy atom. The van der Waals surface area contributed by atoms with Crippen molar-refractivity contribution in [3.63, 3.8) is 0 Å². The zero-order chi connectivity index (χ0) is 20.3. The summed E-state index contributed by atoms with van der Waals surface area (Å²) in [5, 5.41) is 6.37. The number of nitrogens with zero attached hydrogens (tertiary/aromatic N) is 2. The number of rotatable bonds is 6. The van der Waals surface area contributed by atoms with Crippen molar-refractivity contribution < 1.29 is 23.2 Å². The van der Waals surface area contributed by atoms with Crippen molar-refractivity contribution in [2.45, 2.75) is 20.3 Å². The van der Waals surface area contributed by atoms with E-state index in [0.717, 1.165) is 0 Å². The van der Waals surface area contributed by atoms with Gasteiger partial charge < -0.3 is 14.6 Å². The molecule has 1 N–H and O–H groups in total. The number of nitrogens with one attached hydrogen (secondary N) is 1. The fraction of sp³-hybridized carbons (Fsp3) is 0.200. The van der Waals surface area contributed by atoms with Crippen LogP contribution in [-0.4, -0.2) is 28.9 Å². The van der Waals surface area contributed by atoms with E-state index in [-0.39, 0.29) is 29.8 Å². The van der Waals surface area contributed by atoms with Crippen molar-refractivity contribution in [1.29, 1.82) is 0 Å². The van der Waals surface area contributed by atoms with Crippen LogP contribution in [-0.2, 0) is 11.2 Å². The highest BCUT2D eigenvalue weighted by Crippen LogP contribution is 2.27. The molecule has 0 aliphatic carbocycles. The third kappa shape index (κ3) is 4.22. The van der Waals surface area contributed by atoms with Gasteiger partial charge in [0.25, 0.3) is 0 Å². The molecule has 0 atom stereocenters. The van der Waals surface area contributed by atoms with E-state index in [1.54, 1.807) is 26.0 Å². The Bertz CT molecular complexity index is 1050. The van der Waals surface area contributed by atoms with Gasteiger partial charge in [0, 0.05) is 18.1 Å². The Labute approximate surface area is 160 Å². The van der Waals surface area contributed by atoms with E-state index >= 15 is 0 Å². The molecule has 1 amide bonds. The second kappa shape index (κ2) is 7.99. The Hall–Kier alpha value is -3.55. The smallest absolute Gasteiger partial charge is 0.232 e. The van der Waals surface area contributed by atoms with E-state index in [4.69, 9.17) is 9.26 Å². The number of ketones is 1. The largest absolute Gasteiger partial charge is 0.495 e. The van der Waals surface area contributed by atoms with Gasteiger partial charge in [-0.2, -0.15) is 4.98 Å². The summed E-state index contributed by atoms with van der Waals surface area (Å²) in [7, 11) is 1.46. The zero-order valence-corrected chi connectivity index (χ0v) is 15.6. The number of amides is 1. The minimum Gasteiger partial charge on any atom is -0.495 e. The number of carbonyl (C=O) groups is 2. The molecule has 2 aromatic carbocycles. The lowest BCUT2D eigenvalue weighted by Gasteiger charge is -2.12. The Morgan fingerprint density at radius 2 is 1.86 bits per heavy atom. The molecule has 0 unspecified atom stereocenters. The minimum atomic E-state index is -0.388. The van der Waals surface area contributed by atoms with Crippen LogP contribution in [0.25, 0.3) is 0 Å². The highest BCUT2D eigenvalue weighted by atomic mass is 19.1. The molecule has 3 rings (SSSR count). The summed E-state index contributed by atoms with van der Waals surface area (Å²) < 4.78 is 23.6. The molecule has 28 heavy (non-hydrogen) atoms. The number of benzene rings is 2. The molecule has 1 heterocycles. The molecule has 0 aliphatic heterocycles. The number of carbonyl (C=O) groups excluding carboxylic acids is 2. The van der Waals surface area contributed by atoms with Gasteiger partial charge in [0.2, 0.25) is 11.8 Å². The lowest BCUT2D eigenvalue weighted by atomic mass is 10.0. The standard InChI is InChI=1S/C20H18FN3O4/c1-11-8-13(4-6-15(11)21)20(26)14-5-7-17(27-3)16(9-14)23-19(25)10-18-22-12(2)28-24-18/h4-9H,10H2,1-3H3,(H,23,25). The van der Waals surface area contributed by atoms with Gasteiger partial charge in [0.15, 0.2) is 11.6 Å². The van der Waals surface area contributed by atoms with Gasteiger partial charge in [-0.05, 0) is 48.9 Å². The van der Waals surface area contributed by atoms with E-state index in [1.807, 2.05) is 0 Å². The third-order valence-corrected chi connectivity index (χ3v) is 4.04. The fourth-order valence-corrected chi connectivity index (χ4v) is 2.65. The molecule has 1 aromatic heterocycles. The van der Waals surface area contributed by atoms with Crippen molar-refractivity contribution in [1.82, 2.24) is 10.1 Å². The van der Waals surface area contributed by atoms with Crippen LogP contribution in [0.2, 0.25) is 0 Å². The molecule has 3 aromatic rings. The van der Waals surface area contributed by atoms with Gasteiger partial charge in [0.1, 0.15) is 11.6 Å². The first kappa shape index (κ1) is 19.2. The summed E-state index contributed by atoms with van der Waals surface area (Å²) in [5.74, 6) is -0.0534. The van der Waals surface area contributed by atoms with E-state index in [1.165, 1.54) is 31.4 Å². The number of aromatic nitrogens is 2. The SMILES string of the molecule is COc1ccc(C(=O)c2ccc(F)c(C)c2)cc1NC(=O)Cc1noc(C)n1. The zero-order valence-electron chi connectivity index (χ0n) is 15.6. The highest BCUT2D eigenvalue weighted by Gasteiger charge is 2.16. The molecule has 7 nitrogen and oxygen atoms in total. The van der Waals surface area contributed by atoms with Crippen molar-refractivity contribution >= 4 is 17.4 Å². The molecule has 8 heteroatoms. The molecule has 144 valence electrons. The van der Waals surface area contributed by atoms with Crippen LogP contribution in [0.15, 0.2) is 40.9 Å². The van der Waals surface area contributed by atoms with Crippen LogP contribution in [0.4, 0.5) is 10.1 Å². The van der Waals surface area contributed by atoms with Gasteiger partial charge in [-0.15, -0.1) is 0 Å². The molecule has 0 saturated carbocycles. The normalized spacial score (nSPS) is 10.6. The maximum absolute atomic E-state index is 13.5. The summed E-state index contributed by atoms with van der Waals surface area (Å²) >= 11 is 0. The average Bonchev–Trinajstić information content (AvgIpc) is 3.07. The average molecular weight is 383 g/mol. The number of halogens is 1. The lowest BCUT2D eigenvalue weighted by Crippen LogP contribution is -2.16. The van der Waals surface area contributed by atoms with Gasteiger partial charge in [-0.25, -0.2) is 4.39 Å². The van der Waals surface area contributed by atoms with E-state index in [9.17, 15) is 14.0 Å². The fourth-order valence-electron chi connectivity index (χ4n) is 2.65. The summed E-state index contributed by atoms with van der Waals surface area (Å²) in [5.41, 5.74) is 1.39. The lowest BCUT2D eigenvalue weighted by molar-refractivity contribution is -0.115. The second-order valence-corrected chi connectivity index (χ2v) is 6.16. The maximum atomic E-state index is 13.5. The molecule has 0 spiro atoms. The number of hydrogen-bond donors (Lipinski definition) is 1. The monoisotopic (exact) mass is 383 g/mol. The summed E-state index contributed by atoms with van der Waals surface area (Å²) in [6.07, 6.45) is -0.0875. The van der Waals surface area contributed by atoms with Crippen molar-refractivity contribution in [2.24, 2.45) is 0 Å². The van der Waals surface area contributed by atoms with Gasteiger partial charge >= 0.3 is 0 Å². The van der Waals surface area contributed by atoms with Crippen LogP contribution >= 0.6 is 0 Å². The number of ether oxygens (including phenoxy) is 1. The Balaban J connectivity index is 1.83. The Kier molecular flexibility index (Phi) is 5.49.